The van der Waals surface area contributed by atoms with E-state index in [1.807, 2.05) is 31.2 Å². The first-order valence-corrected chi connectivity index (χ1v) is 10.3. The molecule has 0 spiro atoms. The first-order valence-electron chi connectivity index (χ1n) is 10.3. The van der Waals surface area contributed by atoms with Gasteiger partial charge >= 0.3 is 0 Å². The summed E-state index contributed by atoms with van der Waals surface area (Å²) in [4.78, 5) is 18.4. The second-order valence-corrected chi connectivity index (χ2v) is 7.80. The van der Waals surface area contributed by atoms with Crippen LogP contribution in [-0.4, -0.2) is 62.2 Å². The van der Waals surface area contributed by atoms with Crippen LogP contribution in [0, 0.1) is 11.8 Å². The number of aliphatic imine (C=N–C) groups is 1. The molecule has 0 aromatic heterocycles. The van der Waals surface area contributed by atoms with Crippen molar-refractivity contribution in [2.45, 2.75) is 40.0 Å². The number of halogens is 1. The van der Waals surface area contributed by atoms with Gasteiger partial charge in [0.15, 0.2) is 5.96 Å². The van der Waals surface area contributed by atoms with E-state index in [2.05, 4.69) is 24.5 Å². The Morgan fingerprint density at radius 2 is 1.97 bits per heavy atom. The maximum absolute atomic E-state index is 12.1. The van der Waals surface area contributed by atoms with Crippen molar-refractivity contribution >= 4 is 35.8 Å². The van der Waals surface area contributed by atoms with Gasteiger partial charge in [0.05, 0.1) is 0 Å². The van der Waals surface area contributed by atoms with Crippen molar-refractivity contribution in [2.75, 3.05) is 40.3 Å². The van der Waals surface area contributed by atoms with Crippen molar-refractivity contribution in [3.05, 3.63) is 35.4 Å². The van der Waals surface area contributed by atoms with Crippen LogP contribution in [0.5, 0.6) is 0 Å². The number of carbonyl (C=O) groups is 1. The van der Waals surface area contributed by atoms with Crippen molar-refractivity contribution in [1.82, 2.24) is 15.5 Å². The van der Waals surface area contributed by atoms with E-state index in [1.165, 1.54) is 0 Å². The molecular formula is C22H39IN4O2. The second kappa shape index (κ2) is 15.5. The fraction of sp³-hybridized carbons (Fsp3) is 0.636. The molecule has 1 amide bonds. The Morgan fingerprint density at radius 3 is 2.55 bits per heavy atom. The fourth-order valence-corrected chi connectivity index (χ4v) is 3.14. The molecule has 1 atom stereocenters. The number of aliphatic hydroxyl groups is 1. The largest absolute Gasteiger partial charge is 0.396 e. The first kappa shape index (κ1) is 27.6. The number of guanidine groups is 1. The van der Waals surface area contributed by atoms with Crippen molar-refractivity contribution in [1.29, 1.82) is 0 Å². The molecule has 166 valence electrons. The Labute approximate surface area is 193 Å². The first-order chi connectivity index (χ1) is 13.4. The van der Waals surface area contributed by atoms with Crippen molar-refractivity contribution in [3.8, 4) is 0 Å². The van der Waals surface area contributed by atoms with Gasteiger partial charge in [0, 0.05) is 45.9 Å². The predicted molar refractivity (Wildman–Crippen MR) is 132 cm³/mol. The van der Waals surface area contributed by atoms with Gasteiger partial charge in [0.1, 0.15) is 0 Å². The summed E-state index contributed by atoms with van der Waals surface area (Å²) < 4.78 is 0. The van der Waals surface area contributed by atoms with Crippen LogP contribution in [0.4, 0.5) is 0 Å². The molecule has 29 heavy (non-hydrogen) atoms. The van der Waals surface area contributed by atoms with E-state index in [-0.39, 0.29) is 36.5 Å². The highest BCUT2D eigenvalue weighted by atomic mass is 127. The Balaban J connectivity index is 0.00000784. The number of nitrogens with zero attached hydrogens (tertiary/aromatic N) is 2. The summed E-state index contributed by atoms with van der Waals surface area (Å²) in [6, 6.07) is 7.77. The molecule has 0 aliphatic heterocycles. The number of carbonyl (C=O) groups excluding carboxylic acids is 1. The lowest BCUT2D eigenvalue weighted by Crippen LogP contribution is -2.38. The zero-order valence-corrected chi connectivity index (χ0v) is 20.9. The van der Waals surface area contributed by atoms with Gasteiger partial charge in [-0.15, -0.1) is 24.0 Å². The monoisotopic (exact) mass is 518 g/mol. The van der Waals surface area contributed by atoms with Gasteiger partial charge in [-0.3, -0.25) is 9.79 Å². The van der Waals surface area contributed by atoms with Crippen LogP contribution in [0.2, 0.25) is 0 Å². The number of rotatable bonds is 11. The van der Waals surface area contributed by atoms with Crippen molar-refractivity contribution in [3.63, 3.8) is 0 Å². The predicted octanol–water partition coefficient (Wildman–Crippen LogP) is 3.15. The third-order valence-corrected chi connectivity index (χ3v) is 4.48. The maximum Gasteiger partial charge on any atom is 0.253 e. The Morgan fingerprint density at radius 1 is 1.24 bits per heavy atom. The normalized spacial score (nSPS) is 12.3. The van der Waals surface area contributed by atoms with Crippen LogP contribution in [0.3, 0.4) is 0 Å². The van der Waals surface area contributed by atoms with E-state index in [0.717, 1.165) is 43.9 Å². The van der Waals surface area contributed by atoms with Crippen LogP contribution < -0.4 is 10.6 Å². The molecule has 0 saturated heterocycles. The van der Waals surface area contributed by atoms with E-state index in [0.29, 0.717) is 23.9 Å². The molecule has 1 unspecified atom stereocenters. The second-order valence-electron chi connectivity index (χ2n) is 7.80. The smallest absolute Gasteiger partial charge is 0.253 e. The average molecular weight is 518 g/mol. The van der Waals surface area contributed by atoms with E-state index < -0.39 is 0 Å². The van der Waals surface area contributed by atoms with Crippen molar-refractivity contribution < 1.29 is 9.90 Å². The molecule has 0 fully saturated rings. The SMILES string of the molecule is CCNC(=NCC(CCO)CC(C)C)NCCc1cccc(C(=O)N(C)C)c1.I. The summed E-state index contributed by atoms with van der Waals surface area (Å²) in [5.74, 6) is 1.81. The summed E-state index contributed by atoms with van der Waals surface area (Å²) in [6.45, 7) is 8.90. The topological polar surface area (TPSA) is 77.0 Å². The third kappa shape index (κ3) is 11.4. The van der Waals surface area contributed by atoms with Crippen molar-refractivity contribution in [2.24, 2.45) is 16.8 Å². The number of aliphatic hydroxyl groups excluding tert-OH is 1. The lowest BCUT2D eigenvalue weighted by molar-refractivity contribution is 0.0827. The average Bonchev–Trinajstić information content (AvgIpc) is 2.65. The molecular weight excluding hydrogens is 479 g/mol. The van der Waals surface area contributed by atoms with Gasteiger partial charge in [0.25, 0.3) is 5.91 Å². The zero-order chi connectivity index (χ0) is 20.9. The number of benzene rings is 1. The number of hydrogen-bond donors (Lipinski definition) is 3. The maximum atomic E-state index is 12.1. The molecule has 1 aromatic rings. The molecule has 0 saturated carbocycles. The molecule has 1 aromatic carbocycles. The standard InChI is InChI=1S/C22H38N4O2.HI/c1-6-23-22(25-16-19(11-13-27)14-17(2)3)24-12-10-18-8-7-9-20(15-18)21(28)26(4)5;/h7-9,15,17,19,27H,6,10-14,16H2,1-5H3,(H2,23,24,25);1H. The van der Waals surface area contributed by atoms with E-state index in [9.17, 15) is 9.90 Å². The van der Waals surface area contributed by atoms with Gasteiger partial charge in [-0.05, 0) is 55.7 Å². The minimum absolute atomic E-state index is 0. The molecule has 3 N–H and O–H groups in total. The number of nitrogens with one attached hydrogen (secondary N) is 2. The van der Waals surface area contributed by atoms with Gasteiger partial charge in [0.2, 0.25) is 0 Å². The van der Waals surface area contributed by atoms with Crippen LogP contribution in [0.15, 0.2) is 29.3 Å². The van der Waals surface area contributed by atoms with E-state index in [1.54, 1.807) is 19.0 Å². The zero-order valence-electron chi connectivity index (χ0n) is 18.6. The molecule has 0 aliphatic rings. The van der Waals surface area contributed by atoms with E-state index in [4.69, 9.17) is 4.99 Å². The summed E-state index contributed by atoms with van der Waals surface area (Å²) in [5, 5.41) is 15.9. The minimum atomic E-state index is 0. The Bertz CT molecular complexity index is 621. The summed E-state index contributed by atoms with van der Waals surface area (Å²) in [7, 11) is 3.53. The fourth-order valence-electron chi connectivity index (χ4n) is 3.14. The molecule has 0 aliphatic carbocycles. The highest BCUT2D eigenvalue weighted by Crippen LogP contribution is 2.15. The highest BCUT2D eigenvalue weighted by molar-refractivity contribution is 14.0. The number of hydrogen-bond acceptors (Lipinski definition) is 3. The number of amides is 1. The van der Waals surface area contributed by atoms with Crippen LogP contribution in [0.25, 0.3) is 0 Å². The van der Waals surface area contributed by atoms with Crippen LogP contribution in [0.1, 0.15) is 49.5 Å². The van der Waals surface area contributed by atoms with E-state index >= 15 is 0 Å². The van der Waals surface area contributed by atoms with Gasteiger partial charge in [-0.25, -0.2) is 0 Å². The van der Waals surface area contributed by atoms with Gasteiger partial charge in [-0.1, -0.05) is 26.0 Å². The molecule has 1 rings (SSSR count). The quantitative estimate of drug-likeness (QED) is 0.239. The summed E-state index contributed by atoms with van der Waals surface area (Å²) >= 11 is 0. The third-order valence-electron chi connectivity index (χ3n) is 4.48. The Hall–Kier alpha value is -1.35. The molecule has 0 heterocycles. The lowest BCUT2D eigenvalue weighted by atomic mass is 9.94. The Kier molecular flexibility index (Phi) is 14.8. The van der Waals surface area contributed by atoms with Gasteiger partial charge < -0.3 is 20.6 Å². The molecule has 6 nitrogen and oxygen atoms in total. The summed E-state index contributed by atoms with van der Waals surface area (Å²) in [6.07, 6.45) is 2.66. The summed E-state index contributed by atoms with van der Waals surface area (Å²) in [5.41, 5.74) is 1.83. The molecule has 7 heteroatoms. The lowest BCUT2D eigenvalue weighted by Gasteiger charge is -2.17. The highest BCUT2D eigenvalue weighted by Gasteiger charge is 2.11. The minimum Gasteiger partial charge on any atom is -0.396 e. The van der Waals surface area contributed by atoms with Gasteiger partial charge in [-0.2, -0.15) is 0 Å². The van der Waals surface area contributed by atoms with Crippen LogP contribution >= 0.6 is 24.0 Å². The molecule has 0 bridgehead atoms. The van der Waals surface area contributed by atoms with Crippen LogP contribution in [-0.2, 0) is 6.42 Å². The molecule has 0 radical (unpaired) electrons.